The lowest BCUT2D eigenvalue weighted by Gasteiger charge is -2.17. The molecule has 0 fully saturated rings. The first kappa shape index (κ1) is 20.2. The fourth-order valence-electron chi connectivity index (χ4n) is 2.16. The van der Waals surface area contributed by atoms with Gasteiger partial charge in [-0.25, -0.2) is 8.42 Å². The third-order valence-electron chi connectivity index (χ3n) is 3.36. The summed E-state index contributed by atoms with van der Waals surface area (Å²) in [5.41, 5.74) is 1.59. The van der Waals surface area contributed by atoms with Crippen molar-refractivity contribution in [2.75, 3.05) is 20.5 Å². The summed E-state index contributed by atoms with van der Waals surface area (Å²) in [6.07, 6.45) is 3.55. The van der Waals surface area contributed by atoms with Crippen LogP contribution in [0.3, 0.4) is 0 Å². The second kappa shape index (κ2) is 9.01. The third kappa shape index (κ3) is 5.71. The van der Waals surface area contributed by atoms with Crippen LogP contribution in [0.2, 0.25) is 0 Å². The van der Waals surface area contributed by atoms with Crippen LogP contribution >= 0.6 is 0 Å². The van der Waals surface area contributed by atoms with Gasteiger partial charge in [0.25, 0.3) is 0 Å². The van der Waals surface area contributed by atoms with Gasteiger partial charge in [0.2, 0.25) is 10.0 Å². The molecule has 0 amide bonds. The molecule has 9 nitrogen and oxygen atoms in total. The first-order valence-electron chi connectivity index (χ1n) is 7.56. The summed E-state index contributed by atoms with van der Waals surface area (Å²) in [4.78, 5) is 8.18. The van der Waals surface area contributed by atoms with E-state index < -0.39 is 22.5 Å². The van der Waals surface area contributed by atoms with Crippen molar-refractivity contribution in [1.29, 1.82) is 0 Å². The average molecular weight is 383 g/mol. The Hall–Kier alpha value is -2.11. The average Bonchev–Trinajstić information content (AvgIpc) is 2.61. The molecule has 0 aromatic carbocycles. The van der Waals surface area contributed by atoms with Gasteiger partial charge in [-0.2, -0.15) is 4.72 Å². The van der Waals surface area contributed by atoms with Gasteiger partial charge >= 0.3 is 0 Å². The second-order valence-electron chi connectivity index (χ2n) is 5.38. The molecule has 0 aliphatic rings. The number of aliphatic hydroxyl groups is 1. The number of rotatable bonds is 9. The molecule has 10 heteroatoms. The van der Waals surface area contributed by atoms with Gasteiger partial charge < -0.3 is 19.3 Å². The Morgan fingerprint density at radius 1 is 1.19 bits per heavy atom. The van der Waals surface area contributed by atoms with Crippen molar-refractivity contribution in [3.05, 3.63) is 53.6 Å². The van der Waals surface area contributed by atoms with Gasteiger partial charge in [-0.15, -0.1) is 0 Å². The van der Waals surface area contributed by atoms with Crippen LogP contribution in [0.15, 0.2) is 36.8 Å². The molecule has 1 unspecified atom stereocenters. The van der Waals surface area contributed by atoms with E-state index in [1.807, 2.05) is 0 Å². The molecule has 0 aliphatic carbocycles. The minimum absolute atomic E-state index is 0.148. The normalized spacial score (nSPS) is 13.0. The summed E-state index contributed by atoms with van der Waals surface area (Å²) in [7, 11) is -0.484. The molecule has 0 saturated carbocycles. The molecule has 0 bridgehead atoms. The van der Waals surface area contributed by atoms with Gasteiger partial charge in [0.15, 0.2) is 6.29 Å². The molecule has 0 radical (unpaired) electrons. The quantitative estimate of drug-likeness (QED) is 0.613. The Kier molecular flexibility index (Phi) is 7.00. The van der Waals surface area contributed by atoms with Gasteiger partial charge in [-0.3, -0.25) is 9.97 Å². The smallest absolute Gasteiger partial charge is 0.211 e. The first-order valence-corrected chi connectivity index (χ1v) is 9.45. The van der Waals surface area contributed by atoms with Crippen molar-refractivity contribution < 1.29 is 27.7 Å². The summed E-state index contributed by atoms with van der Waals surface area (Å²) in [5, 5.41) is 9.81. The van der Waals surface area contributed by atoms with Crippen LogP contribution in [0.4, 0.5) is 0 Å². The highest BCUT2D eigenvalue weighted by Gasteiger charge is 2.16. The molecule has 2 rings (SSSR count). The highest BCUT2D eigenvalue weighted by molar-refractivity contribution is 7.88. The summed E-state index contributed by atoms with van der Waals surface area (Å²) in [5.74, 6) is 0.492. The Morgan fingerprint density at radius 3 is 2.50 bits per heavy atom. The molecule has 2 aromatic heterocycles. The number of hydrogen-bond donors (Lipinski definition) is 2. The lowest BCUT2D eigenvalue weighted by molar-refractivity contribution is -0.107. The van der Waals surface area contributed by atoms with Gasteiger partial charge in [-0.05, 0) is 12.1 Å². The van der Waals surface area contributed by atoms with Crippen molar-refractivity contribution >= 4 is 10.0 Å². The van der Waals surface area contributed by atoms with E-state index in [1.54, 1.807) is 30.6 Å². The lowest BCUT2D eigenvalue weighted by Crippen LogP contribution is -2.27. The maximum Gasteiger partial charge on any atom is 0.211 e. The first-order chi connectivity index (χ1) is 12.3. The van der Waals surface area contributed by atoms with Crippen LogP contribution in [0.5, 0.6) is 5.75 Å². The highest BCUT2D eigenvalue weighted by Crippen LogP contribution is 2.27. The van der Waals surface area contributed by atoms with Crippen molar-refractivity contribution in [3.63, 3.8) is 0 Å². The van der Waals surface area contributed by atoms with Crippen molar-refractivity contribution in [3.8, 4) is 5.75 Å². The number of nitrogens with one attached hydrogen (secondary N) is 1. The zero-order valence-electron chi connectivity index (χ0n) is 14.6. The summed E-state index contributed by atoms with van der Waals surface area (Å²) in [6.45, 7) is 0.148. The highest BCUT2D eigenvalue weighted by atomic mass is 32.2. The van der Waals surface area contributed by atoms with E-state index >= 15 is 0 Å². The summed E-state index contributed by atoms with van der Waals surface area (Å²) in [6, 6.07) is 4.92. The summed E-state index contributed by atoms with van der Waals surface area (Å²) >= 11 is 0. The molecule has 0 saturated heterocycles. The predicted molar refractivity (Wildman–Crippen MR) is 92.5 cm³/mol. The van der Waals surface area contributed by atoms with Gasteiger partial charge in [0, 0.05) is 32.2 Å². The molecular weight excluding hydrogens is 362 g/mol. The van der Waals surface area contributed by atoms with Gasteiger partial charge in [-0.1, -0.05) is 6.07 Å². The topological polar surface area (TPSA) is 120 Å². The molecule has 2 N–H and O–H groups in total. The number of ether oxygens (including phenoxy) is 3. The third-order valence-corrected chi connectivity index (χ3v) is 4.01. The monoisotopic (exact) mass is 383 g/mol. The molecule has 2 heterocycles. The fraction of sp³-hybridized carbons (Fsp3) is 0.375. The zero-order chi connectivity index (χ0) is 19.2. The zero-order valence-corrected chi connectivity index (χ0v) is 15.4. The van der Waals surface area contributed by atoms with Crippen LogP contribution in [0.25, 0.3) is 0 Å². The summed E-state index contributed by atoms with van der Waals surface area (Å²) < 4.78 is 40.5. The molecule has 0 aliphatic heterocycles. The van der Waals surface area contributed by atoms with Crippen molar-refractivity contribution in [2.45, 2.75) is 19.1 Å². The second-order valence-corrected chi connectivity index (χ2v) is 7.16. The lowest BCUT2D eigenvalue weighted by atomic mass is 10.2. The Bertz CT molecular complexity index is 809. The number of sulfonamides is 1. The standard InChI is InChI=1S/C16H21N3O6S/c1-23-16(24-2)13-6-7-17-9-14(13)25-10-12-5-4-11(8-18-12)15(20)19-26(3,21)22/h4-9,15-16,19-20H,10H2,1-3H3. The minimum Gasteiger partial charge on any atom is -0.485 e. The molecule has 142 valence electrons. The van der Waals surface area contributed by atoms with Crippen molar-refractivity contribution in [1.82, 2.24) is 14.7 Å². The maximum atomic E-state index is 11.1. The van der Waals surface area contributed by atoms with Crippen LogP contribution in [0, 0.1) is 0 Å². The molecular formula is C16H21N3O6S. The Morgan fingerprint density at radius 2 is 1.92 bits per heavy atom. The van der Waals surface area contributed by atoms with Crippen LogP contribution < -0.4 is 9.46 Å². The molecule has 1 atom stereocenters. The number of hydrogen-bond acceptors (Lipinski definition) is 8. The fourth-order valence-corrected chi connectivity index (χ4v) is 2.70. The van der Waals surface area contributed by atoms with Gasteiger partial charge in [0.05, 0.1) is 23.7 Å². The van der Waals surface area contributed by atoms with E-state index in [9.17, 15) is 13.5 Å². The van der Waals surface area contributed by atoms with Crippen LogP contribution in [0.1, 0.15) is 29.3 Å². The number of pyridine rings is 2. The number of nitrogens with zero attached hydrogens (tertiary/aromatic N) is 2. The predicted octanol–water partition coefficient (Wildman–Crippen LogP) is 0.887. The number of methoxy groups -OCH3 is 2. The minimum atomic E-state index is -3.53. The van der Waals surface area contributed by atoms with Crippen LogP contribution in [-0.2, 0) is 26.1 Å². The Balaban J connectivity index is 2.05. The van der Waals surface area contributed by atoms with E-state index in [0.717, 1.165) is 6.26 Å². The molecule has 26 heavy (non-hydrogen) atoms. The van der Waals surface area contributed by atoms with E-state index in [0.29, 0.717) is 22.6 Å². The van der Waals surface area contributed by atoms with E-state index in [2.05, 4.69) is 14.7 Å². The van der Waals surface area contributed by atoms with E-state index in [4.69, 9.17) is 14.2 Å². The van der Waals surface area contributed by atoms with Crippen molar-refractivity contribution in [2.24, 2.45) is 0 Å². The van der Waals surface area contributed by atoms with Crippen LogP contribution in [-0.4, -0.2) is 44.0 Å². The number of aromatic nitrogens is 2. The molecule has 2 aromatic rings. The molecule has 0 spiro atoms. The maximum absolute atomic E-state index is 11.1. The SMILES string of the molecule is COC(OC)c1ccncc1OCc1ccc(C(O)NS(C)(=O)=O)cn1. The Labute approximate surface area is 152 Å². The van der Waals surface area contributed by atoms with Gasteiger partial charge in [0.1, 0.15) is 18.6 Å². The largest absolute Gasteiger partial charge is 0.485 e. The van der Waals surface area contributed by atoms with E-state index in [1.165, 1.54) is 20.4 Å². The van der Waals surface area contributed by atoms with E-state index in [-0.39, 0.29) is 6.61 Å². The number of aliphatic hydroxyl groups excluding tert-OH is 1.